The molecule has 2 aliphatic carbocycles. The van der Waals surface area contributed by atoms with Crippen molar-refractivity contribution in [1.29, 1.82) is 0 Å². The highest BCUT2D eigenvalue weighted by Crippen LogP contribution is 2.55. The van der Waals surface area contributed by atoms with Gasteiger partial charge < -0.3 is 10.2 Å². The van der Waals surface area contributed by atoms with Crippen LogP contribution in [0.2, 0.25) is 0 Å². The average Bonchev–Trinajstić information content (AvgIpc) is 2.29. The van der Waals surface area contributed by atoms with Gasteiger partial charge in [-0.2, -0.15) is 0 Å². The van der Waals surface area contributed by atoms with Crippen LogP contribution in [0.25, 0.3) is 0 Å². The van der Waals surface area contributed by atoms with Gasteiger partial charge >= 0.3 is 0 Å². The number of hydrogen-bond acceptors (Lipinski definition) is 2. The molecule has 1 saturated carbocycles. The van der Waals surface area contributed by atoms with Gasteiger partial charge in [0, 0.05) is 11.8 Å². The molecule has 2 rings (SSSR count). The second kappa shape index (κ2) is 4.10. The van der Waals surface area contributed by atoms with Crippen LogP contribution in [0.15, 0.2) is 11.6 Å². The topological polar surface area (TPSA) is 40.5 Å². The number of rotatable bonds is 0. The lowest BCUT2D eigenvalue weighted by atomic mass is 9.54. The summed E-state index contributed by atoms with van der Waals surface area (Å²) in [5, 5.41) is 20.5. The largest absolute Gasteiger partial charge is 0.392 e. The first-order valence-electron chi connectivity index (χ1n) is 6.82. The molecule has 98 valence electrons. The van der Waals surface area contributed by atoms with Gasteiger partial charge in [0.15, 0.2) is 0 Å². The van der Waals surface area contributed by atoms with Crippen LogP contribution in [0.3, 0.4) is 0 Å². The van der Waals surface area contributed by atoms with E-state index in [1.165, 1.54) is 12.8 Å². The van der Waals surface area contributed by atoms with E-state index in [1.807, 2.05) is 6.92 Å². The Morgan fingerprint density at radius 3 is 2.47 bits per heavy atom. The molecule has 4 atom stereocenters. The van der Waals surface area contributed by atoms with E-state index >= 15 is 0 Å². The molecule has 0 spiro atoms. The lowest BCUT2D eigenvalue weighted by Gasteiger charge is -2.51. The standard InChI is InChI=1S/C15H26O2/c1-10-8-12-14(2,3)6-5-7-15(12,4)13(17)9-11(10)16/h8,11-13,16-17H,5-7,9H2,1-4H3. The maximum atomic E-state index is 10.5. The van der Waals surface area contributed by atoms with E-state index in [2.05, 4.69) is 26.8 Å². The molecule has 0 aromatic rings. The Morgan fingerprint density at radius 2 is 1.82 bits per heavy atom. The zero-order valence-electron chi connectivity index (χ0n) is 11.5. The SMILES string of the molecule is CC1=CC2C(C)(C)CCCC2(C)C(O)CC1O. The van der Waals surface area contributed by atoms with Gasteiger partial charge in [0.05, 0.1) is 12.2 Å². The van der Waals surface area contributed by atoms with Crippen molar-refractivity contribution in [3.05, 3.63) is 11.6 Å². The Kier molecular flexibility index (Phi) is 3.16. The van der Waals surface area contributed by atoms with Gasteiger partial charge in [-0.1, -0.05) is 33.3 Å². The van der Waals surface area contributed by atoms with Crippen molar-refractivity contribution in [3.8, 4) is 0 Å². The van der Waals surface area contributed by atoms with Crippen molar-refractivity contribution in [2.45, 2.75) is 65.6 Å². The fourth-order valence-electron chi connectivity index (χ4n) is 3.96. The third kappa shape index (κ3) is 2.06. The molecule has 0 radical (unpaired) electrons. The van der Waals surface area contributed by atoms with Crippen molar-refractivity contribution in [3.63, 3.8) is 0 Å². The first kappa shape index (κ1) is 13.1. The summed E-state index contributed by atoms with van der Waals surface area (Å²) in [6.45, 7) is 8.78. The van der Waals surface area contributed by atoms with E-state index in [-0.39, 0.29) is 10.8 Å². The third-order valence-corrected chi connectivity index (χ3v) is 5.25. The lowest BCUT2D eigenvalue weighted by molar-refractivity contribution is -0.0724. The van der Waals surface area contributed by atoms with Crippen LogP contribution in [0, 0.1) is 16.7 Å². The Labute approximate surface area is 105 Å². The smallest absolute Gasteiger partial charge is 0.0772 e. The van der Waals surface area contributed by atoms with Crippen molar-refractivity contribution in [2.75, 3.05) is 0 Å². The van der Waals surface area contributed by atoms with E-state index < -0.39 is 12.2 Å². The van der Waals surface area contributed by atoms with Crippen LogP contribution in [-0.2, 0) is 0 Å². The molecule has 0 amide bonds. The lowest BCUT2D eigenvalue weighted by Crippen LogP contribution is -2.47. The van der Waals surface area contributed by atoms with Crippen LogP contribution in [0.4, 0.5) is 0 Å². The molecular weight excluding hydrogens is 212 g/mol. The minimum Gasteiger partial charge on any atom is -0.392 e. The van der Waals surface area contributed by atoms with Gasteiger partial charge in [-0.25, -0.2) is 0 Å². The minimum atomic E-state index is -0.469. The predicted molar refractivity (Wildman–Crippen MR) is 69.6 cm³/mol. The number of fused-ring (bicyclic) bond motifs is 1. The van der Waals surface area contributed by atoms with E-state index in [1.54, 1.807) is 0 Å². The van der Waals surface area contributed by atoms with E-state index in [9.17, 15) is 10.2 Å². The van der Waals surface area contributed by atoms with Crippen molar-refractivity contribution >= 4 is 0 Å². The average molecular weight is 238 g/mol. The van der Waals surface area contributed by atoms with Gasteiger partial charge in [-0.15, -0.1) is 0 Å². The summed E-state index contributed by atoms with van der Waals surface area (Å²) in [6, 6.07) is 0. The molecular formula is C15H26O2. The first-order valence-corrected chi connectivity index (χ1v) is 6.82. The number of aliphatic hydroxyl groups excluding tert-OH is 2. The third-order valence-electron chi connectivity index (χ3n) is 5.25. The Morgan fingerprint density at radius 1 is 1.18 bits per heavy atom. The van der Waals surface area contributed by atoms with E-state index in [4.69, 9.17) is 0 Å². The second-order valence-electron chi connectivity index (χ2n) is 7.00. The first-order chi connectivity index (χ1) is 7.77. The fourth-order valence-corrected chi connectivity index (χ4v) is 3.96. The molecule has 2 N–H and O–H groups in total. The predicted octanol–water partition coefficient (Wildman–Crippen LogP) is 2.89. The molecule has 0 saturated heterocycles. The summed E-state index contributed by atoms with van der Waals surface area (Å²) in [6.07, 6.45) is 5.32. The van der Waals surface area contributed by atoms with Crippen LogP contribution in [-0.4, -0.2) is 22.4 Å². The Hall–Kier alpha value is -0.340. The summed E-state index contributed by atoms with van der Waals surface area (Å²) < 4.78 is 0. The monoisotopic (exact) mass is 238 g/mol. The van der Waals surface area contributed by atoms with Crippen molar-refractivity contribution in [1.82, 2.24) is 0 Å². The second-order valence-corrected chi connectivity index (χ2v) is 7.00. The van der Waals surface area contributed by atoms with Crippen LogP contribution in [0.5, 0.6) is 0 Å². The van der Waals surface area contributed by atoms with Gasteiger partial charge in [0.1, 0.15) is 0 Å². The highest BCUT2D eigenvalue weighted by atomic mass is 16.3. The Bertz CT molecular complexity index is 332. The quantitative estimate of drug-likeness (QED) is 0.637. The van der Waals surface area contributed by atoms with Crippen LogP contribution >= 0.6 is 0 Å². The Balaban J connectivity index is 2.45. The summed E-state index contributed by atoms with van der Waals surface area (Å²) in [7, 11) is 0. The molecule has 2 nitrogen and oxygen atoms in total. The molecule has 0 aromatic carbocycles. The normalized spacial score (nSPS) is 45.8. The van der Waals surface area contributed by atoms with Gasteiger partial charge in [-0.3, -0.25) is 0 Å². The maximum absolute atomic E-state index is 10.5. The van der Waals surface area contributed by atoms with Gasteiger partial charge in [0.25, 0.3) is 0 Å². The molecule has 1 fully saturated rings. The van der Waals surface area contributed by atoms with E-state index in [0.717, 1.165) is 12.0 Å². The van der Waals surface area contributed by atoms with E-state index in [0.29, 0.717) is 12.3 Å². The fraction of sp³-hybridized carbons (Fsp3) is 0.867. The van der Waals surface area contributed by atoms with Crippen molar-refractivity contribution in [2.24, 2.45) is 16.7 Å². The number of aliphatic hydroxyl groups is 2. The molecule has 2 aliphatic rings. The molecule has 17 heavy (non-hydrogen) atoms. The van der Waals surface area contributed by atoms with Crippen LogP contribution in [0.1, 0.15) is 53.4 Å². The summed E-state index contributed by atoms with van der Waals surface area (Å²) in [5.41, 5.74) is 1.19. The molecule has 2 heteroatoms. The minimum absolute atomic E-state index is 0.0690. The highest BCUT2D eigenvalue weighted by molar-refractivity contribution is 5.18. The molecule has 0 bridgehead atoms. The summed E-state index contributed by atoms with van der Waals surface area (Å²) in [5.74, 6) is 0.371. The van der Waals surface area contributed by atoms with Gasteiger partial charge in [0.2, 0.25) is 0 Å². The number of allylic oxidation sites excluding steroid dienone is 1. The summed E-state index contributed by atoms with van der Waals surface area (Å²) >= 11 is 0. The highest BCUT2D eigenvalue weighted by Gasteiger charge is 2.50. The molecule has 0 aliphatic heterocycles. The van der Waals surface area contributed by atoms with Crippen molar-refractivity contribution < 1.29 is 10.2 Å². The van der Waals surface area contributed by atoms with Crippen LogP contribution < -0.4 is 0 Å². The van der Waals surface area contributed by atoms with Gasteiger partial charge in [-0.05, 0) is 36.7 Å². The summed E-state index contributed by atoms with van der Waals surface area (Å²) in [4.78, 5) is 0. The molecule has 4 unspecified atom stereocenters. The molecule has 0 heterocycles. The zero-order valence-corrected chi connectivity index (χ0v) is 11.5. The molecule has 0 aromatic heterocycles. The maximum Gasteiger partial charge on any atom is 0.0772 e. The number of hydrogen-bond donors (Lipinski definition) is 2. The zero-order chi connectivity index (χ0) is 12.8.